The van der Waals surface area contributed by atoms with Crippen LogP contribution in [0, 0.1) is 0 Å². The minimum atomic E-state index is -0.646. The van der Waals surface area contributed by atoms with Gasteiger partial charge in [0.15, 0.2) is 5.78 Å². The topological polar surface area (TPSA) is 65.0 Å². The third-order valence-corrected chi connectivity index (χ3v) is 5.56. The molecule has 0 aromatic heterocycles. The average molecular weight is 423 g/mol. The van der Waals surface area contributed by atoms with E-state index in [2.05, 4.69) is 6.92 Å². The maximum Gasteiger partial charge on any atom is 0.172 e. The van der Waals surface area contributed by atoms with E-state index in [4.69, 9.17) is 14.2 Å². The van der Waals surface area contributed by atoms with Crippen molar-refractivity contribution in [2.45, 2.75) is 96.5 Å². The van der Waals surface area contributed by atoms with Crippen LogP contribution in [0.15, 0.2) is 12.1 Å². The Morgan fingerprint density at radius 3 is 1.70 bits per heavy atom. The summed E-state index contributed by atoms with van der Waals surface area (Å²) in [6.07, 6.45) is 14.0. The molecule has 0 aliphatic heterocycles. The lowest BCUT2D eigenvalue weighted by Crippen LogP contribution is -2.15. The molecule has 1 unspecified atom stereocenters. The van der Waals surface area contributed by atoms with Crippen LogP contribution in [0.1, 0.15) is 101 Å². The van der Waals surface area contributed by atoms with Gasteiger partial charge in [-0.25, -0.2) is 0 Å². The van der Waals surface area contributed by atoms with Crippen LogP contribution < -0.4 is 14.2 Å². The molecule has 1 aromatic carbocycles. The molecule has 0 bridgehead atoms. The number of methoxy groups -OCH3 is 3. The zero-order valence-corrected chi connectivity index (χ0v) is 19.5. The second-order valence-electron chi connectivity index (χ2n) is 8.01. The minimum Gasteiger partial charge on any atom is -0.496 e. The first-order chi connectivity index (χ1) is 14.6. The van der Waals surface area contributed by atoms with Gasteiger partial charge in [0.1, 0.15) is 22.8 Å². The van der Waals surface area contributed by atoms with Crippen LogP contribution in [0.4, 0.5) is 0 Å². The van der Waals surface area contributed by atoms with Gasteiger partial charge >= 0.3 is 0 Å². The van der Waals surface area contributed by atoms with Crippen molar-refractivity contribution in [1.82, 2.24) is 0 Å². The molecule has 1 rings (SSSR count). The quantitative estimate of drug-likeness (QED) is 0.221. The first kappa shape index (κ1) is 26.3. The molecule has 1 N–H and O–H groups in total. The first-order valence-electron chi connectivity index (χ1n) is 11.6. The highest BCUT2D eigenvalue weighted by molar-refractivity contribution is 6.01. The molecule has 30 heavy (non-hydrogen) atoms. The number of aliphatic hydroxyl groups excluding tert-OH is 1. The molecule has 0 amide bonds. The molecule has 172 valence electrons. The smallest absolute Gasteiger partial charge is 0.172 e. The van der Waals surface area contributed by atoms with Crippen LogP contribution in [0.25, 0.3) is 0 Å². The van der Waals surface area contributed by atoms with Crippen molar-refractivity contribution in [2.75, 3.05) is 21.3 Å². The van der Waals surface area contributed by atoms with Gasteiger partial charge in [0.05, 0.1) is 27.4 Å². The Morgan fingerprint density at radius 1 is 0.800 bits per heavy atom. The Hall–Kier alpha value is -1.75. The highest BCUT2D eigenvalue weighted by Crippen LogP contribution is 2.35. The number of Topliss-reactive ketones (excluding diaryl/α,β-unsaturated/α-hetero) is 1. The fourth-order valence-electron chi connectivity index (χ4n) is 3.74. The standard InChI is InChI=1S/C25H42O5/c1-5-6-7-8-9-10-11-12-13-14-15-16-20(26)17-22(27)25-23(29-3)18-21(28-2)19-24(25)30-4/h18-20,26H,5-17H2,1-4H3. The van der Waals surface area contributed by atoms with Gasteiger partial charge in [0, 0.05) is 18.6 Å². The van der Waals surface area contributed by atoms with Crippen molar-refractivity contribution in [3.8, 4) is 17.2 Å². The van der Waals surface area contributed by atoms with Crippen LogP contribution in [-0.4, -0.2) is 38.3 Å². The maximum atomic E-state index is 12.8. The van der Waals surface area contributed by atoms with Crippen LogP contribution in [0.3, 0.4) is 0 Å². The summed E-state index contributed by atoms with van der Waals surface area (Å²) >= 11 is 0. The number of benzene rings is 1. The number of hydrogen-bond acceptors (Lipinski definition) is 5. The van der Waals surface area contributed by atoms with Crippen molar-refractivity contribution in [3.05, 3.63) is 17.7 Å². The van der Waals surface area contributed by atoms with E-state index in [0.717, 1.165) is 12.8 Å². The lowest BCUT2D eigenvalue weighted by molar-refractivity contribution is 0.0858. The highest BCUT2D eigenvalue weighted by atomic mass is 16.5. The summed E-state index contributed by atoms with van der Waals surface area (Å²) in [7, 11) is 4.56. The number of aliphatic hydroxyl groups is 1. The summed E-state index contributed by atoms with van der Waals surface area (Å²) in [6.45, 7) is 2.25. The first-order valence-corrected chi connectivity index (χ1v) is 11.6. The summed E-state index contributed by atoms with van der Waals surface area (Å²) in [5.41, 5.74) is 0.360. The molecular formula is C25H42O5. The van der Waals surface area contributed by atoms with Gasteiger partial charge in [-0.3, -0.25) is 4.79 Å². The van der Waals surface area contributed by atoms with Crippen molar-refractivity contribution in [2.24, 2.45) is 0 Å². The lowest BCUT2D eigenvalue weighted by atomic mass is 9.99. The second-order valence-corrected chi connectivity index (χ2v) is 8.01. The van der Waals surface area contributed by atoms with E-state index in [1.807, 2.05) is 0 Å². The molecule has 0 heterocycles. The number of unbranched alkanes of at least 4 members (excludes halogenated alkanes) is 10. The third-order valence-electron chi connectivity index (χ3n) is 5.56. The Kier molecular flexibility index (Phi) is 14.0. The van der Waals surface area contributed by atoms with Gasteiger partial charge in [-0.15, -0.1) is 0 Å². The summed E-state index contributed by atoms with van der Waals surface area (Å²) in [5, 5.41) is 10.3. The molecular weight excluding hydrogens is 380 g/mol. The Bertz CT molecular complexity index is 574. The van der Waals surface area contributed by atoms with E-state index in [1.165, 1.54) is 72.0 Å². The summed E-state index contributed by atoms with van der Waals surface area (Å²) in [4.78, 5) is 12.8. The Morgan fingerprint density at radius 2 is 1.27 bits per heavy atom. The Balaban J connectivity index is 2.31. The monoisotopic (exact) mass is 422 g/mol. The molecule has 0 saturated heterocycles. The lowest BCUT2D eigenvalue weighted by Gasteiger charge is -2.16. The number of ketones is 1. The van der Waals surface area contributed by atoms with Gasteiger partial charge in [0.2, 0.25) is 0 Å². The summed E-state index contributed by atoms with van der Waals surface area (Å²) in [6, 6.07) is 3.32. The van der Waals surface area contributed by atoms with Crippen LogP contribution in [0.2, 0.25) is 0 Å². The van der Waals surface area contributed by atoms with Crippen molar-refractivity contribution in [3.63, 3.8) is 0 Å². The largest absolute Gasteiger partial charge is 0.496 e. The molecule has 1 atom stereocenters. The number of carbonyl (C=O) groups is 1. The normalized spacial score (nSPS) is 11.9. The fraction of sp³-hybridized carbons (Fsp3) is 0.720. The predicted molar refractivity (Wildman–Crippen MR) is 122 cm³/mol. The van der Waals surface area contributed by atoms with Crippen molar-refractivity contribution >= 4 is 5.78 Å². The number of ether oxygens (including phenoxy) is 3. The highest BCUT2D eigenvalue weighted by Gasteiger charge is 2.22. The summed E-state index contributed by atoms with van der Waals surface area (Å²) in [5.74, 6) is 1.18. The molecule has 0 aliphatic carbocycles. The van der Waals surface area contributed by atoms with E-state index in [-0.39, 0.29) is 12.2 Å². The van der Waals surface area contributed by atoms with E-state index in [0.29, 0.717) is 29.2 Å². The van der Waals surface area contributed by atoms with Crippen molar-refractivity contribution in [1.29, 1.82) is 0 Å². The molecule has 0 radical (unpaired) electrons. The molecule has 0 fully saturated rings. The van der Waals surface area contributed by atoms with E-state index < -0.39 is 6.10 Å². The maximum absolute atomic E-state index is 12.8. The van der Waals surface area contributed by atoms with Gasteiger partial charge in [0.25, 0.3) is 0 Å². The fourth-order valence-corrected chi connectivity index (χ4v) is 3.74. The van der Waals surface area contributed by atoms with E-state index in [9.17, 15) is 9.90 Å². The number of carbonyl (C=O) groups excluding carboxylic acids is 1. The summed E-state index contributed by atoms with van der Waals surface area (Å²) < 4.78 is 15.9. The molecule has 0 aliphatic rings. The Labute approximate surface area is 183 Å². The van der Waals surface area contributed by atoms with E-state index in [1.54, 1.807) is 19.2 Å². The zero-order valence-electron chi connectivity index (χ0n) is 19.5. The SMILES string of the molecule is CCCCCCCCCCCCCC(O)CC(=O)c1c(OC)cc(OC)cc1OC. The molecule has 5 nitrogen and oxygen atoms in total. The third kappa shape index (κ3) is 9.84. The number of hydrogen-bond donors (Lipinski definition) is 1. The van der Waals surface area contributed by atoms with E-state index >= 15 is 0 Å². The predicted octanol–water partition coefficient (Wildman–Crippen LogP) is 6.35. The zero-order chi connectivity index (χ0) is 22.2. The molecule has 5 heteroatoms. The minimum absolute atomic E-state index is 0.0663. The molecule has 1 aromatic rings. The van der Waals surface area contributed by atoms with Gasteiger partial charge < -0.3 is 19.3 Å². The molecule has 0 spiro atoms. The van der Waals surface area contributed by atoms with Gasteiger partial charge in [-0.1, -0.05) is 77.6 Å². The number of rotatable bonds is 18. The average Bonchev–Trinajstić information content (AvgIpc) is 2.76. The van der Waals surface area contributed by atoms with Crippen LogP contribution in [-0.2, 0) is 0 Å². The van der Waals surface area contributed by atoms with Gasteiger partial charge in [-0.2, -0.15) is 0 Å². The second kappa shape index (κ2) is 16.0. The van der Waals surface area contributed by atoms with Crippen LogP contribution >= 0.6 is 0 Å². The van der Waals surface area contributed by atoms with Crippen molar-refractivity contribution < 1.29 is 24.1 Å². The van der Waals surface area contributed by atoms with Gasteiger partial charge in [-0.05, 0) is 6.42 Å². The molecule has 0 saturated carbocycles. The van der Waals surface area contributed by atoms with Crippen LogP contribution in [0.5, 0.6) is 17.2 Å².